The van der Waals surface area contributed by atoms with Crippen molar-refractivity contribution in [3.8, 4) is 0 Å². The minimum atomic E-state index is -3.52. The summed E-state index contributed by atoms with van der Waals surface area (Å²) in [6.07, 6.45) is 4.03. The van der Waals surface area contributed by atoms with Crippen molar-refractivity contribution in [3.05, 3.63) is 14.9 Å². The summed E-state index contributed by atoms with van der Waals surface area (Å²) < 4.78 is 33.1. The third-order valence-electron chi connectivity index (χ3n) is 3.35. The number of nitrogens with one attached hydrogen (secondary N) is 1. The molecule has 1 aliphatic rings. The summed E-state index contributed by atoms with van der Waals surface area (Å²) in [6.45, 7) is 0.609. The van der Waals surface area contributed by atoms with E-state index in [1.165, 1.54) is 6.07 Å². The van der Waals surface area contributed by atoms with Crippen molar-refractivity contribution in [3.63, 3.8) is 0 Å². The van der Waals surface area contributed by atoms with Crippen molar-refractivity contribution in [2.45, 2.75) is 42.0 Å². The van der Waals surface area contributed by atoms with Crippen LogP contribution in [0.25, 0.3) is 0 Å². The highest BCUT2D eigenvalue weighted by molar-refractivity contribution is 9.11. The molecule has 2 rings (SSSR count). The molecule has 0 aromatic carbocycles. The molecule has 0 spiro atoms. The number of sulfonamides is 1. The van der Waals surface area contributed by atoms with Crippen LogP contribution in [0.5, 0.6) is 0 Å². The van der Waals surface area contributed by atoms with E-state index in [1.54, 1.807) is 0 Å². The minimum absolute atomic E-state index is 0.194. The average Bonchev–Trinajstić information content (AvgIpc) is 2.78. The standard InChI is InChI=1S/C12H18BrClN2O3S2/c13-12-10(14)7-11(20-12)21(17,18)16-5-6-19-9-3-1-8(15)2-4-9/h7-9,16H,1-6,15H2. The van der Waals surface area contributed by atoms with Gasteiger partial charge in [0.25, 0.3) is 0 Å². The lowest BCUT2D eigenvalue weighted by Gasteiger charge is -2.26. The molecular formula is C12H18BrClN2O3S2. The second-order valence-electron chi connectivity index (χ2n) is 4.99. The van der Waals surface area contributed by atoms with Gasteiger partial charge in [0, 0.05) is 12.6 Å². The molecule has 0 saturated heterocycles. The van der Waals surface area contributed by atoms with Gasteiger partial charge in [-0.25, -0.2) is 13.1 Å². The molecule has 3 N–H and O–H groups in total. The van der Waals surface area contributed by atoms with Gasteiger partial charge in [0.2, 0.25) is 10.0 Å². The first kappa shape index (κ1) is 17.7. The number of nitrogens with two attached hydrogens (primary N) is 1. The van der Waals surface area contributed by atoms with Crippen LogP contribution in [0.2, 0.25) is 5.02 Å². The first-order chi connectivity index (χ1) is 9.88. The minimum Gasteiger partial charge on any atom is -0.377 e. The lowest BCUT2D eigenvalue weighted by molar-refractivity contribution is 0.0287. The lowest BCUT2D eigenvalue weighted by Crippen LogP contribution is -2.32. The number of thiophene rings is 1. The Morgan fingerprint density at radius 2 is 2.10 bits per heavy atom. The summed E-state index contributed by atoms with van der Waals surface area (Å²) in [7, 11) is -3.52. The Hall–Kier alpha value is 0.300. The predicted octanol–water partition coefficient (Wildman–Crippen LogP) is 2.73. The number of hydrogen-bond donors (Lipinski definition) is 2. The van der Waals surface area contributed by atoms with Crippen molar-refractivity contribution in [2.24, 2.45) is 5.73 Å². The molecular weight excluding hydrogens is 400 g/mol. The second-order valence-corrected chi connectivity index (χ2v) is 9.76. The van der Waals surface area contributed by atoms with Gasteiger partial charge in [0.05, 0.1) is 21.5 Å². The SMILES string of the molecule is NC1CCC(OCCNS(=O)(=O)c2cc(Cl)c(Br)s2)CC1. The predicted molar refractivity (Wildman–Crippen MR) is 88.4 cm³/mol. The molecule has 0 radical (unpaired) electrons. The van der Waals surface area contributed by atoms with Gasteiger partial charge < -0.3 is 10.5 Å². The Bertz CT molecular complexity index is 552. The van der Waals surface area contributed by atoms with E-state index >= 15 is 0 Å². The monoisotopic (exact) mass is 416 g/mol. The number of rotatable bonds is 6. The van der Waals surface area contributed by atoms with E-state index in [0.717, 1.165) is 37.0 Å². The van der Waals surface area contributed by atoms with Gasteiger partial charge in [0.15, 0.2) is 0 Å². The first-order valence-corrected chi connectivity index (χ1v) is 10.2. The highest BCUT2D eigenvalue weighted by Gasteiger charge is 2.20. The molecule has 21 heavy (non-hydrogen) atoms. The highest BCUT2D eigenvalue weighted by atomic mass is 79.9. The van der Waals surface area contributed by atoms with Crippen LogP contribution in [0.3, 0.4) is 0 Å². The molecule has 5 nitrogen and oxygen atoms in total. The topological polar surface area (TPSA) is 81.4 Å². The van der Waals surface area contributed by atoms with E-state index in [-0.39, 0.29) is 22.9 Å². The van der Waals surface area contributed by atoms with Crippen molar-refractivity contribution in [1.29, 1.82) is 0 Å². The van der Waals surface area contributed by atoms with E-state index in [1.807, 2.05) is 0 Å². The molecule has 1 aromatic rings. The molecule has 120 valence electrons. The van der Waals surface area contributed by atoms with Gasteiger partial charge in [-0.2, -0.15) is 0 Å². The highest BCUT2D eigenvalue weighted by Crippen LogP contribution is 2.34. The lowest BCUT2D eigenvalue weighted by atomic mass is 9.94. The molecule has 0 unspecified atom stereocenters. The summed E-state index contributed by atoms with van der Waals surface area (Å²) in [5.74, 6) is 0. The quantitative estimate of drug-likeness (QED) is 0.697. The van der Waals surface area contributed by atoms with Crippen molar-refractivity contribution >= 4 is 48.9 Å². The summed E-state index contributed by atoms with van der Waals surface area (Å²) in [4.78, 5) is 0. The Balaban J connectivity index is 1.75. The van der Waals surface area contributed by atoms with Gasteiger partial charge in [0.1, 0.15) is 4.21 Å². The summed E-state index contributed by atoms with van der Waals surface area (Å²) in [6, 6.07) is 1.72. The molecule has 1 saturated carbocycles. The molecule has 0 amide bonds. The van der Waals surface area contributed by atoms with Crippen LogP contribution in [-0.2, 0) is 14.8 Å². The molecule has 0 atom stereocenters. The van der Waals surface area contributed by atoms with Gasteiger partial charge in [-0.05, 0) is 47.7 Å². The molecule has 1 heterocycles. The van der Waals surface area contributed by atoms with Crippen LogP contribution in [0.15, 0.2) is 14.1 Å². The van der Waals surface area contributed by atoms with Crippen LogP contribution >= 0.6 is 38.9 Å². The van der Waals surface area contributed by atoms with E-state index < -0.39 is 10.0 Å². The maximum atomic E-state index is 12.0. The van der Waals surface area contributed by atoms with Gasteiger partial charge >= 0.3 is 0 Å². The molecule has 0 bridgehead atoms. The van der Waals surface area contributed by atoms with Crippen molar-refractivity contribution in [1.82, 2.24) is 4.72 Å². The van der Waals surface area contributed by atoms with E-state index in [0.29, 0.717) is 15.4 Å². The van der Waals surface area contributed by atoms with E-state index in [2.05, 4.69) is 20.7 Å². The Morgan fingerprint density at radius 1 is 1.43 bits per heavy atom. The molecule has 1 aliphatic carbocycles. The van der Waals surface area contributed by atoms with Crippen LogP contribution in [-0.4, -0.2) is 33.7 Å². The molecule has 9 heteroatoms. The van der Waals surface area contributed by atoms with Gasteiger partial charge in [-0.1, -0.05) is 11.6 Å². The maximum absolute atomic E-state index is 12.0. The fourth-order valence-electron chi connectivity index (χ4n) is 2.19. The van der Waals surface area contributed by atoms with Crippen LogP contribution in [0.4, 0.5) is 0 Å². The maximum Gasteiger partial charge on any atom is 0.250 e. The molecule has 0 aliphatic heterocycles. The Labute approximate surface area is 142 Å². The zero-order valence-electron chi connectivity index (χ0n) is 11.3. The number of hydrogen-bond acceptors (Lipinski definition) is 5. The fraction of sp³-hybridized carbons (Fsp3) is 0.667. The van der Waals surface area contributed by atoms with Gasteiger partial charge in [-0.3, -0.25) is 0 Å². The normalized spacial score (nSPS) is 23.4. The molecule has 1 fully saturated rings. The zero-order chi connectivity index (χ0) is 15.5. The Kier molecular flexibility index (Phi) is 6.49. The van der Waals surface area contributed by atoms with Crippen molar-refractivity contribution in [2.75, 3.05) is 13.2 Å². The van der Waals surface area contributed by atoms with Crippen LogP contribution in [0.1, 0.15) is 25.7 Å². The number of ether oxygens (including phenoxy) is 1. The summed E-state index contributed by atoms with van der Waals surface area (Å²) >= 11 is 10.1. The average molecular weight is 418 g/mol. The third kappa shape index (κ3) is 5.16. The second kappa shape index (κ2) is 7.72. The third-order valence-corrected chi connectivity index (χ3v) is 7.76. The van der Waals surface area contributed by atoms with E-state index in [9.17, 15) is 8.42 Å². The fourth-order valence-corrected chi connectivity index (χ4v) is 5.64. The largest absolute Gasteiger partial charge is 0.377 e. The Morgan fingerprint density at radius 3 is 2.67 bits per heavy atom. The number of halogens is 2. The van der Waals surface area contributed by atoms with E-state index in [4.69, 9.17) is 22.1 Å². The summed E-state index contributed by atoms with van der Waals surface area (Å²) in [5, 5.41) is 0.398. The first-order valence-electron chi connectivity index (χ1n) is 6.70. The van der Waals surface area contributed by atoms with Gasteiger partial charge in [-0.15, -0.1) is 11.3 Å². The van der Waals surface area contributed by atoms with Crippen LogP contribution in [0, 0.1) is 0 Å². The summed E-state index contributed by atoms with van der Waals surface area (Å²) in [5.41, 5.74) is 5.83. The smallest absolute Gasteiger partial charge is 0.250 e. The molecule has 1 aromatic heterocycles. The van der Waals surface area contributed by atoms with Crippen LogP contribution < -0.4 is 10.5 Å². The van der Waals surface area contributed by atoms with Crippen molar-refractivity contribution < 1.29 is 13.2 Å². The zero-order valence-corrected chi connectivity index (χ0v) is 15.3.